The van der Waals surface area contributed by atoms with E-state index < -0.39 is 35.4 Å². The molecule has 3 aromatic carbocycles. The van der Waals surface area contributed by atoms with Gasteiger partial charge in [-0.15, -0.1) is 0 Å². The van der Waals surface area contributed by atoms with E-state index in [0.29, 0.717) is 0 Å². The van der Waals surface area contributed by atoms with Crippen molar-refractivity contribution in [2.45, 2.75) is 19.3 Å². The Labute approximate surface area is 195 Å². The van der Waals surface area contributed by atoms with Crippen LogP contribution in [0.4, 0.5) is 13.2 Å². The molecule has 0 radical (unpaired) electrons. The summed E-state index contributed by atoms with van der Waals surface area (Å²) in [5.41, 5.74) is -1.52. The fourth-order valence-corrected chi connectivity index (χ4v) is 3.80. The second kappa shape index (κ2) is 9.18. The highest BCUT2D eigenvalue weighted by molar-refractivity contribution is 6.32. The predicted molar refractivity (Wildman–Crippen MR) is 122 cm³/mol. The molecule has 0 aliphatic carbocycles. The zero-order valence-electron chi connectivity index (χ0n) is 17.5. The minimum Gasteiger partial charge on any atom is -0.350 e. The van der Waals surface area contributed by atoms with Gasteiger partial charge in [-0.25, -0.2) is 9.36 Å². The van der Waals surface area contributed by atoms with Gasteiger partial charge in [-0.3, -0.25) is 14.2 Å². The topological polar surface area (TPSA) is 73.1 Å². The van der Waals surface area contributed by atoms with Crippen molar-refractivity contribution in [3.05, 3.63) is 110 Å². The average molecular weight is 488 g/mol. The summed E-state index contributed by atoms with van der Waals surface area (Å²) in [6.07, 6.45) is -4.50. The van der Waals surface area contributed by atoms with E-state index in [1.54, 1.807) is 24.3 Å². The minimum atomic E-state index is -4.50. The Hall–Kier alpha value is -3.85. The molecule has 0 bridgehead atoms. The number of hydrogen-bond donors (Lipinski definition) is 1. The van der Waals surface area contributed by atoms with E-state index in [2.05, 4.69) is 5.32 Å². The summed E-state index contributed by atoms with van der Waals surface area (Å²) in [6.45, 7) is -0.622. The zero-order valence-corrected chi connectivity index (χ0v) is 18.2. The molecule has 0 aliphatic heterocycles. The number of hydrogen-bond acceptors (Lipinski definition) is 3. The zero-order chi connectivity index (χ0) is 24.5. The smallest absolute Gasteiger partial charge is 0.350 e. The fraction of sp³-hybridized carbons (Fsp3) is 0.125. The third kappa shape index (κ3) is 4.60. The number of nitrogens with zero attached hydrogens (tertiary/aromatic N) is 2. The number of carbonyl (C=O) groups excluding carboxylic acids is 1. The first-order chi connectivity index (χ1) is 16.2. The Kier molecular flexibility index (Phi) is 6.30. The summed E-state index contributed by atoms with van der Waals surface area (Å²) in [5, 5.41) is 2.90. The van der Waals surface area contributed by atoms with Gasteiger partial charge >= 0.3 is 11.9 Å². The molecule has 34 heavy (non-hydrogen) atoms. The molecule has 10 heteroatoms. The lowest BCUT2D eigenvalue weighted by molar-refractivity contribution is -0.137. The molecule has 4 rings (SSSR count). The highest BCUT2D eigenvalue weighted by Crippen LogP contribution is 2.29. The van der Waals surface area contributed by atoms with Crippen molar-refractivity contribution in [3.8, 4) is 5.69 Å². The van der Waals surface area contributed by atoms with Gasteiger partial charge in [0.05, 0.1) is 27.2 Å². The van der Waals surface area contributed by atoms with Crippen LogP contribution in [0.3, 0.4) is 0 Å². The summed E-state index contributed by atoms with van der Waals surface area (Å²) >= 11 is 6.21. The summed E-state index contributed by atoms with van der Waals surface area (Å²) in [4.78, 5) is 39.0. The largest absolute Gasteiger partial charge is 0.416 e. The molecule has 174 valence electrons. The van der Waals surface area contributed by atoms with Gasteiger partial charge in [-0.05, 0) is 42.0 Å². The molecule has 4 aromatic rings. The van der Waals surface area contributed by atoms with Gasteiger partial charge in [-0.1, -0.05) is 48.0 Å². The van der Waals surface area contributed by atoms with Crippen LogP contribution in [0.25, 0.3) is 16.6 Å². The Morgan fingerprint density at radius 1 is 0.941 bits per heavy atom. The molecule has 0 fully saturated rings. The number of benzene rings is 3. The third-order valence-electron chi connectivity index (χ3n) is 5.19. The molecule has 0 unspecified atom stereocenters. The Morgan fingerprint density at radius 2 is 1.65 bits per heavy atom. The molecule has 1 N–H and O–H groups in total. The first-order valence-corrected chi connectivity index (χ1v) is 10.5. The van der Waals surface area contributed by atoms with E-state index in [1.165, 1.54) is 36.4 Å². The summed E-state index contributed by atoms with van der Waals surface area (Å²) in [7, 11) is 0. The van der Waals surface area contributed by atoms with E-state index in [1.807, 2.05) is 0 Å². The lowest BCUT2D eigenvalue weighted by Gasteiger charge is -2.15. The molecule has 6 nitrogen and oxygen atoms in total. The Morgan fingerprint density at radius 3 is 2.38 bits per heavy atom. The van der Waals surface area contributed by atoms with Gasteiger partial charge in [0.2, 0.25) is 5.91 Å². The second-order valence-electron chi connectivity index (χ2n) is 7.45. The number of carbonyl (C=O) groups is 1. The SMILES string of the molecule is O=C(Cn1c(=O)n(-c2ccccc2Cl)c(=O)c2ccccc21)NCc1cccc(C(F)(F)F)c1. The van der Waals surface area contributed by atoms with Crippen LogP contribution >= 0.6 is 11.6 Å². The standard InChI is InChI=1S/C24H17ClF3N3O3/c25-18-9-2-4-11-20(18)31-22(33)17-8-1-3-10-19(17)30(23(31)34)14-21(32)29-13-15-6-5-7-16(12-15)24(26,27)28/h1-12H,13-14H2,(H,29,32). The van der Waals surface area contributed by atoms with Crippen LogP contribution in [-0.2, 0) is 24.1 Å². The number of halogens is 4. The maximum atomic E-state index is 13.3. The van der Waals surface area contributed by atoms with Crippen LogP contribution in [0.15, 0.2) is 82.4 Å². The van der Waals surface area contributed by atoms with E-state index in [-0.39, 0.29) is 33.7 Å². The van der Waals surface area contributed by atoms with Crippen molar-refractivity contribution in [2.75, 3.05) is 0 Å². The quantitative estimate of drug-likeness (QED) is 0.460. The first-order valence-electron chi connectivity index (χ1n) is 10.1. The monoisotopic (exact) mass is 487 g/mol. The number of aromatic nitrogens is 2. The van der Waals surface area contributed by atoms with E-state index in [4.69, 9.17) is 11.6 Å². The van der Waals surface area contributed by atoms with Gasteiger partial charge < -0.3 is 5.32 Å². The van der Waals surface area contributed by atoms with Gasteiger partial charge in [0, 0.05) is 6.54 Å². The minimum absolute atomic E-state index is 0.167. The number of amides is 1. The van der Waals surface area contributed by atoms with Crippen LogP contribution < -0.4 is 16.6 Å². The van der Waals surface area contributed by atoms with Crippen LogP contribution in [-0.4, -0.2) is 15.0 Å². The van der Waals surface area contributed by atoms with Crippen molar-refractivity contribution in [2.24, 2.45) is 0 Å². The molecule has 0 atom stereocenters. The predicted octanol–water partition coefficient (Wildman–Crippen LogP) is 4.14. The Balaban J connectivity index is 1.69. The number of para-hydroxylation sites is 2. The van der Waals surface area contributed by atoms with Crippen molar-refractivity contribution in [1.29, 1.82) is 0 Å². The van der Waals surface area contributed by atoms with Crippen molar-refractivity contribution in [1.82, 2.24) is 14.5 Å². The molecule has 0 spiro atoms. The molecule has 0 saturated heterocycles. The number of fused-ring (bicyclic) bond motifs is 1. The van der Waals surface area contributed by atoms with E-state index in [9.17, 15) is 27.6 Å². The summed E-state index contributed by atoms with van der Waals surface area (Å²) in [6, 6.07) is 17.2. The molecular formula is C24H17ClF3N3O3. The highest BCUT2D eigenvalue weighted by atomic mass is 35.5. The highest BCUT2D eigenvalue weighted by Gasteiger charge is 2.30. The van der Waals surface area contributed by atoms with Crippen molar-refractivity contribution >= 4 is 28.4 Å². The molecule has 1 heterocycles. The fourth-order valence-electron chi connectivity index (χ4n) is 3.58. The van der Waals surface area contributed by atoms with Gasteiger partial charge in [0.15, 0.2) is 0 Å². The third-order valence-corrected chi connectivity index (χ3v) is 5.51. The van der Waals surface area contributed by atoms with Gasteiger partial charge in [0.25, 0.3) is 5.56 Å². The lowest BCUT2D eigenvalue weighted by Crippen LogP contribution is -2.41. The van der Waals surface area contributed by atoms with E-state index >= 15 is 0 Å². The molecule has 0 saturated carbocycles. The summed E-state index contributed by atoms with van der Waals surface area (Å²) < 4.78 is 40.8. The summed E-state index contributed by atoms with van der Waals surface area (Å²) in [5.74, 6) is -0.617. The average Bonchev–Trinajstić information content (AvgIpc) is 2.81. The molecular weight excluding hydrogens is 471 g/mol. The lowest BCUT2D eigenvalue weighted by atomic mass is 10.1. The van der Waals surface area contributed by atoms with Gasteiger partial charge in [-0.2, -0.15) is 13.2 Å². The molecule has 1 amide bonds. The Bertz CT molecular complexity index is 1510. The van der Waals surface area contributed by atoms with Crippen molar-refractivity contribution in [3.63, 3.8) is 0 Å². The molecule has 1 aromatic heterocycles. The first kappa shape index (κ1) is 23.3. The van der Waals surface area contributed by atoms with Crippen LogP contribution in [0, 0.1) is 0 Å². The van der Waals surface area contributed by atoms with Crippen LogP contribution in [0.1, 0.15) is 11.1 Å². The maximum absolute atomic E-state index is 13.3. The normalized spacial score (nSPS) is 11.5. The molecule has 0 aliphatic rings. The number of nitrogens with one attached hydrogen (secondary N) is 1. The maximum Gasteiger partial charge on any atom is 0.416 e. The van der Waals surface area contributed by atoms with Crippen LogP contribution in [0.5, 0.6) is 0 Å². The van der Waals surface area contributed by atoms with E-state index in [0.717, 1.165) is 21.3 Å². The van der Waals surface area contributed by atoms with Crippen molar-refractivity contribution < 1.29 is 18.0 Å². The van der Waals surface area contributed by atoms with Crippen LogP contribution in [0.2, 0.25) is 5.02 Å². The number of alkyl halides is 3. The second-order valence-corrected chi connectivity index (χ2v) is 7.86. The number of rotatable bonds is 5. The van der Waals surface area contributed by atoms with Gasteiger partial charge in [0.1, 0.15) is 6.54 Å².